The van der Waals surface area contributed by atoms with Gasteiger partial charge in [-0.15, -0.1) is 0 Å². The summed E-state index contributed by atoms with van der Waals surface area (Å²) in [5.41, 5.74) is 2.98. The van der Waals surface area contributed by atoms with Gasteiger partial charge in [-0.2, -0.15) is 4.98 Å². The van der Waals surface area contributed by atoms with Crippen LogP contribution in [-0.4, -0.2) is 22.4 Å². The van der Waals surface area contributed by atoms with Crippen LogP contribution < -0.4 is 16.0 Å². The Morgan fingerprint density at radius 3 is 2.44 bits per heavy atom. The van der Waals surface area contributed by atoms with E-state index in [0.29, 0.717) is 11.8 Å². The molecule has 0 aliphatic rings. The van der Waals surface area contributed by atoms with Crippen LogP contribution in [0.5, 0.6) is 0 Å². The van der Waals surface area contributed by atoms with E-state index in [1.807, 2.05) is 36.4 Å². The van der Waals surface area contributed by atoms with E-state index in [-0.39, 0.29) is 5.91 Å². The maximum absolute atomic E-state index is 11.1. The van der Waals surface area contributed by atoms with Crippen molar-refractivity contribution in [1.82, 2.24) is 9.97 Å². The summed E-state index contributed by atoms with van der Waals surface area (Å²) < 4.78 is 0. The van der Waals surface area contributed by atoms with Gasteiger partial charge < -0.3 is 16.0 Å². The molecule has 2 aromatic carbocycles. The fraction of sp³-hybridized carbons (Fsp3) is 0.190. The summed E-state index contributed by atoms with van der Waals surface area (Å²) in [7, 11) is 0. The first-order chi connectivity index (χ1) is 13.2. The number of aryl methyl sites for hydroxylation is 1. The number of aromatic nitrogens is 2. The molecule has 3 rings (SSSR count). The van der Waals surface area contributed by atoms with Gasteiger partial charge in [0.15, 0.2) is 0 Å². The average Bonchev–Trinajstić information content (AvgIpc) is 2.68. The van der Waals surface area contributed by atoms with Crippen molar-refractivity contribution < 1.29 is 4.79 Å². The highest BCUT2D eigenvalue weighted by Gasteiger charge is 2.01. The lowest BCUT2D eigenvalue weighted by atomic mass is 10.1. The van der Waals surface area contributed by atoms with Gasteiger partial charge >= 0.3 is 0 Å². The molecule has 1 aromatic heterocycles. The molecule has 1 amide bonds. The van der Waals surface area contributed by atoms with Crippen molar-refractivity contribution in [2.24, 2.45) is 0 Å². The minimum absolute atomic E-state index is 0.0884. The van der Waals surface area contributed by atoms with Crippen molar-refractivity contribution in [3.8, 4) is 0 Å². The monoisotopic (exact) mass is 361 g/mol. The molecule has 3 N–H and O–H groups in total. The van der Waals surface area contributed by atoms with Crippen molar-refractivity contribution in [3.63, 3.8) is 0 Å². The smallest absolute Gasteiger partial charge is 0.224 e. The number of nitrogens with zero attached hydrogens (tertiary/aromatic N) is 2. The van der Waals surface area contributed by atoms with E-state index in [1.165, 1.54) is 12.5 Å². The lowest BCUT2D eigenvalue weighted by Gasteiger charge is -2.09. The predicted molar refractivity (Wildman–Crippen MR) is 109 cm³/mol. The molecule has 0 atom stereocenters. The van der Waals surface area contributed by atoms with Crippen molar-refractivity contribution in [3.05, 3.63) is 72.4 Å². The first kappa shape index (κ1) is 18.4. The SMILES string of the molecule is CC(=O)Nc1ccc(Nc2ccnc(NCCCc3ccccc3)n2)cc1. The predicted octanol–water partition coefficient (Wildman–Crippen LogP) is 4.22. The number of hydrogen-bond acceptors (Lipinski definition) is 5. The third-order valence-electron chi connectivity index (χ3n) is 3.90. The minimum atomic E-state index is -0.0884. The van der Waals surface area contributed by atoms with Gasteiger partial charge in [0, 0.05) is 31.0 Å². The molecule has 27 heavy (non-hydrogen) atoms. The molecule has 0 aliphatic carbocycles. The molecule has 0 spiro atoms. The number of carbonyl (C=O) groups excluding carboxylic acids is 1. The highest BCUT2D eigenvalue weighted by molar-refractivity contribution is 5.88. The second-order valence-corrected chi connectivity index (χ2v) is 6.16. The van der Waals surface area contributed by atoms with Gasteiger partial charge in [0.25, 0.3) is 0 Å². The number of carbonyl (C=O) groups is 1. The average molecular weight is 361 g/mol. The number of nitrogens with one attached hydrogen (secondary N) is 3. The van der Waals surface area contributed by atoms with Gasteiger partial charge in [-0.05, 0) is 48.7 Å². The minimum Gasteiger partial charge on any atom is -0.354 e. The van der Waals surface area contributed by atoms with Crippen molar-refractivity contribution in [2.45, 2.75) is 19.8 Å². The summed E-state index contributed by atoms with van der Waals surface area (Å²) in [6.45, 7) is 2.30. The van der Waals surface area contributed by atoms with Gasteiger partial charge in [0.1, 0.15) is 5.82 Å². The molecular formula is C21H23N5O. The van der Waals surface area contributed by atoms with Crippen LogP contribution in [0, 0.1) is 0 Å². The number of anilines is 4. The van der Waals surface area contributed by atoms with Crippen LogP contribution in [0.3, 0.4) is 0 Å². The molecule has 138 valence electrons. The van der Waals surface area contributed by atoms with E-state index in [9.17, 15) is 4.79 Å². The lowest BCUT2D eigenvalue weighted by molar-refractivity contribution is -0.114. The molecule has 0 aliphatic heterocycles. The number of hydrogen-bond donors (Lipinski definition) is 3. The van der Waals surface area contributed by atoms with Gasteiger partial charge in [0.05, 0.1) is 0 Å². The maximum atomic E-state index is 11.1. The molecule has 0 fully saturated rings. The summed E-state index contributed by atoms with van der Waals surface area (Å²) in [4.78, 5) is 19.8. The first-order valence-corrected chi connectivity index (χ1v) is 8.94. The number of rotatable bonds is 8. The summed E-state index contributed by atoms with van der Waals surface area (Å²) >= 11 is 0. The molecular weight excluding hydrogens is 338 g/mol. The van der Waals surface area contributed by atoms with Crippen LogP contribution >= 0.6 is 0 Å². The van der Waals surface area contributed by atoms with Crippen LogP contribution in [0.25, 0.3) is 0 Å². The van der Waals surface area contributed by atoms with Gasteiger partial charge in [-0.25, -0.2) is 4.98 Å². The normalized spacial score (nSPS) is 10.3. The third-order valence-corrected chi connectivity index (χ3v) is 3.90. The van der Waals surface area contributed by atoms with E-state index in [1.54, 1.807) is 6.20 Å². The highest BCUT2D eigenvalue weighted by Crippen LogP contribution is 2.18. The Morgan fingerprint density at radius 1 is 0.963 bits per heavy atom. The van der Waals surface area contributed by atoms with E-state index in [4.69, 9.17) is 0 Å². The largest absolute Gasteiger partial charge is 0.354 e. The molecule has 0 saturated heterocycles. The van der Waals surface area contributed by atoms with Crippen molar-refractivity contribution in [2.75, 3.05) is 22.5 Å². The maximum Gasteiger partial charge on any atom is 0.224 e. The number of amides is 1. The van der Waals surface area contributed by atoms with Crippen LogP contribution in [0.15, 0.2) is 66.9 Å². The second-order valence-electron chi connectivity index (χ2n) is 6.16. The molecule has 0 radical (unpaired) electrons. The molecule has 1 heterocycles. The molecule has 3 aromatic rings. The Kier molecular flexibility index (Phi) is 6.35. The van der Waals surface area contributed by atoms with E-state index >= 15 is 0 Å². The fourth-order valence-corrected chi connectivity index (χ4v) is 2.64. The van der Waals surface area contributed by atoms with Crippen LogP contribution in [-0.2, 0) is 11.2 Å². The van der Waals surface area contributed by atoms with Crippen LogP contribution in [0.2, 0.25) is 0 Å². The zero-order chi connectivity index (χ0) is 18.9. The molecule has 6 heteroatoms. The summed E-state index contributed by atoms with van der Waals surface area (Å²) in [6.07, 6.45) is 3.75. The quantitative estimate of drug-likeness (QED) is 0.524. The summed E-state index contributed by atoms with van der Waals surface area (Å²) in [5, 5.41) is 9.24. The number of benzene rings is 2. The Hall–Kier alpha value is -3.41. The Morgan fingerprint density at radius 2 is 1.70 bits per heavy atom. The van der Waals surface area contributed by atoms with Gasteiger partial charge in [-0.3, -0.25) is 4.79 Å². The third kappa shape index (κ3) is 6.11. The molecule has 6 nitrogen and oxygen atoms in total. The summed E-state index contributed by atoms with van der Waals surface area (Å²) in [5.74, 6) is 1.22. The fourth-order valence-electron chi connectivity index (χ4n) is 2.64. The zero-order valence-electron chi connectivity index (χ0n) is 15.3. The molecule has 0 bridgehead atoms. The zero-order valence-corrected chi connectivity index (χ0v) is 15.3. The van der Waals surface area contributed by atoms with Gasteiger partial charge in [0.2, 0.25) is 11.9 Å². The Bertz CT molecular complexity index is 865. The Labute approximate surface area is 159 Å². The lowest BCUT2D eigenvalue weighted by Crippen LogP contribution is -2.07. The van der Waals surface area contributed by atoms with E-state index in [2.05, 4.69) is 50.2 Å². The standard InChI is InChI=1S/C21H23N5O/c1-16(27)24-18-9-11-19(12-10-18)25-20-13-15-23-21(26-20)22-14-5-8-17-6-3-2-4-7-17/h2-4,6-7,9-13,15H,5,8,14H2,1H3,(H,24,27)(H2,22,23,25,26). The van der Waals surface area contributed by atoms with E-state index in [0.717, 1.165) is 30.8 Å². The van der Waals surface area contributed by atoms with Gasteiger partial charge in [-0.1, -0.05) is 30.3 Å². The topological polar surface area (TPSA) is 78.9 Å². The van der Waals surface area contributed by atoms with E-state index < -0.39 is 0 Å². The molecule has 0 unspecified atom stereocenters. The second kappa shape index (κ2) is 9.33. The van der Waals surface area contributed by atoms with Crippen molar-refractivity contribution in [1.29, 1.82) is 0 Å². The summed E-state index contributed by atoms with van der Waals surface area (Å²) in [6, 6.07) is 19.7. The Balaban J connectivity index is 1.50. The molecule has 0 saturated carbocycles. The van der Waals surface area contributed by atoms with Crippen molar-refractivity contribution >= 4 is 29.0 Å². The first-order valence-electron chi connectivity index (χ1n) is 8.94. The van der Waals surface area contributed by atoms with Crippen LogP contribution in [0.4, 0.5) is 23.1 Å². The van der Waals surface area contributed by atoms with Crippen LogP contribution in [0.1, 0.15) is 18.9 Å². The highest BCUT2D eigenvalue weighted by atomic mass is 16.1.